The van der Waals surface area contributed by atoms with Gasteiger partial charge in [-0.25, -0.2) is 0 Å². The third-order valence-electron chi connectivity index (χ3n) is 7.51. The number of ether oxygens (including phenoxy) is 2. The van der Waals surface area contributed by atoms with Crippen LogP contribution in [0.5, 0.6) is 17.2 Å². The van der Waals surface area contributed by atoms with E-state index in [2.05, 4.69) is 78.9 Å². The molecule has 1 saturated heterocycles. The van der Waals surface area contributed by atoms with Gasteiger partial charge in [-0.2, -0.15) is 0 Å². The van der Waals surface area contributed by atoms with Crippen LogP contribution < -0.4 is 9.47 Å². The molecule has 0 bridgehead atoms. The molecule has 0 aliphatic carbocycles. The highest BCUT2D eigenvalue weighted by molar-refractivity contribution is 9.10. The van der Waals surface area contributed by atoms with E-state index in [1.807, 2.05) is 18.2 Å². The number of likely N-dealkylation sites (tertiary alicyclic amines) is 1. The lowest BCUT2D eigenvalue weighted by atomic mass is 9.84. The van der Waals surface area contributed by atoms with Crippen LogP contribution in [0, 0.1) is 12.8 Å². The first kappa shape index (κ1) is 24.9. The van der Waals surface area contributed by atoms with E-state index in [9.17, 15) is 5.11 Å². The molecule has 2 aliphatic heterocycles. The highest BCUT2D eigenvalue weighted by atomic mass is 79.9. The second kappa shape index (κ2) is 10.3. The zero-order valence-electron chi connectivity index (χ0n) is 21.4. The standard InChI is InChI=1S/C31H34BrNO3/c1-19-13-14-33(17-19)21(3)18-35-26-9-5-23(6-10-26)31-30(27-11-7-24(32)15-20(27)2)22(4)28-16-25(34)8-12-29(28)36-31/h5-12,15-16,19,21,31,34H,13-14,17-18H2,1-4H3/t19-,21+,31?/m1/s1. The van der Waals surface area contributed by atoms with Crippen molar-refractivity contribution in [3.05, 3.63) is 87.4 Å². The van der Waals surface area contributed by atoms with E-state index < -0.39 is 0 Å². The number of hydrogen-bond acceptors (Lipinski definition) is 4. The van der Waals surface area contributed by atoms with Crippen molar-refractivity contribution in [3.63, 3.8) is 0 Å². The fourth-order valence-corrected chi connectivity index (χ4v) is 5.85. The molecule has 2 aliphatic rings. The molecule has 5 heteroatoms. The van der Waals surface area contributed by atoms with Crippen LogP contribution in [0.1, 0.15) is 55.5 Å². The molecule has 0 radical (unpaired) electrons. The molecule has 1 unspecified atom stereocenters. The van der Waals surface area contributed by atoms with Crippen molar-refractivity contribution in [2.45, 2.75) is 46.3 Å². The molecule has 4 nitrogen and oxygen atoms in total. The Morgan fingerprint density at radius 3 is 2.53 bits per heavy atom. The van der Waals surface area contributed by atoms with Crippen molar-refractivity contribution in [3.8, 4) is 17.2 Å². The van der Waals surface area contributed by atoms with Gasteiger partial charge in [-0.15, -0.1) is 0 Å². The van der Waals surface area contributed by atoms with Crippen molar-refractivity contribution < 1.29 is 14.6 Å². The van der Waals surface area contributed by atoms with Crippen molar-refractivity contribution in [1.82, 2.24) is 4.90 Å². The zero-order valence-corrected chi connectivity index (χ0v) is 23.0. The van der Waals surface area contributed by atoms with Gasteiger partial charge in [0, 0.05) is 28.2 Å². The zero-order chi connectivity index (χ0) is 25.4. The van der Waals surface area contributed by atoms with Crippen molar-refractivity contribution in [2.75, 3.05) is 19.7 Å². The Morgan fingerprint density at radius 1 is 1.06 bits per heavy atom. The van der Waals surface area contributed by atoms with Gasteiger partial charge < -0.3 is 14.6 Å². The fourth-order valence-electron chi connectivity index (χ4n) is 5.38. The van der Waals surface area contributed by atoms with E-state index in [4.69, 9.17) is 9.47 Å². The average Bonchev–Trinajstić information content (AvgIpc) is 3.30. The number of aromatic hydroxyl groups is 1. The lowest BCUT2D eigenvalue weighted by Gasteiger charge is -2.32. The van der Waals surface area contributed by atoms with Gasteiger partial charge in [0.15, 0.2) is 0 Å². The Morgan fingerprint density at radius 2 is 1.83 bits per heavy atom. The van der Waals surface area contributed by atoms with Gasteiger partial charge in [-0.3, -0.25) is 4.90 Å². The highest BCUT2D eigenvalue weighted by Gasteiger charge is 2.30. The summed E-state index contributed by atoms with van der Waals surface area (Å²) in [7, 11) is 0. The quantitative estimate of drug-likeness (QED) is 0.344. The summed E-state index contributed by atoms with van der Waals surface area (Å²) in [4.78, 5) is 2.52. The smallest absolute Gasteiger partial charge is 0.150 e. The van der Waals surface area contributed by atoms with E-state index >= 15 is 0 Å². The van der Waals surface area contributed by atoms with Crippen molar-refractivity contribution in [1.29, 1.82) is 0 Å². The number of benzene rings is 3. The minimum absolute atomic E-state index is 0.237. The first-order valence-electron chi connectivity index (χ1n) is 12.7. The Bertz CT molecular complexity index is 1280. The topological polar surface area (TPSA) is 41.9 Å². The maximum atomic E-state index is 10.1. The van der Waals surface area contributed by atoms with Gasteiger partial charge in [0.05, 0.1) is 0 Å². The monoisotopic (exact) mass is 547 g/mol. The molecule has 36 heavy (non-hydrogen) atoms. The summed E-state index contributed by atoms with van der Waals surface area (Å²) >= 11 is 3.59. The summed E-state index contributed by atoms with van der Waals surface area (Å²) in [5.41, 5.74) is 6.53. The van der Waals surface area contributed by atoms with Crippen LogP contribution in [-0.4, -0.2) is 35.7 Å². The highest BCUT2D eigenvalue weighted by Crippen LogP contribution is 2.48. The molecular weight excluding hydrogens is 514 g/mol. The molecule has 0 amide bonds. The predicted octanol–water partition coefficient (Wildman–Crippen LogP) is 7.64. The fraction of sp³-hybridized carbons (Fsp3) is 0.355. The summed E-state index contributed by atoms with van der Waals surface area (Å²) in [5.74, 6) is 2.67. The second-order valence-corrected chi connectivity index (χ2v) is 11.2. The molecular formula is C31H34BrNO3. The molecule has 3 aromatic carbocycles. The number of nitrogens with zero attached hydrogens (tertiary/aromatic N) is 1. The summed E-state index contributed by atoms with van der Waals surface area (Å²) in [6.07, 6.45) is 1.01. The molecule has 3 aromatic rings. The van der Waals surface area contributed by atoms with Crippen LogP contribution in [0.3, 0.4) is 0 Å². The van der Waals surface area contributed by atoms with Crippen LogP contribution in [-0.2, 0) is 0 Å². The minimum Gasteiger partial charge on any atom is -0.508 e. The molecule has 1 N–H and O–H groups in total. The number of fused-ring (bicyclic) bond motifs is 1. The summed E-state index contributed by atoms with van der Waals surface area (Å²) in [6, 6.07) is 20.4. The van der Waals surface area contributed by atoms with E-state index in [-0.39, 0.29) is 11.9 Å². The van der Waals surface area contributed by atoms with E-state index in [1.54, 1.807) is 12.1 Å². The van der Waals surface area contributed by atoms with Gasteiger partial charge in [0.1, 0.15) is 30.0 Å². The van der Waals surface area contributed by atoms with Crippen LogP contribution in [0.25, 0.3) is 11.1 Å². The number of hydrogen-bond donors (Lipinski definition) is 1. The van der Waals surface area contributed by atoms with Crippen molar-refractivity contribution in [2.24, 2.45) is 5.92 Å². The number of aryl methyl sites for hydroxylation is 1. The number of halogens is 1. The molecule has 1 fully saturated rings. The average molecular weight is 549 g/mol. The molecule has 188 valence electrons. The summed E-state index contributed by atoms with van der Waals surface area (Å²) < 4.78 is 13.8. The van der Waals surface area contributed by atoms with Crippen LogP contribution in [0.15, 0.2) is 65.1 Å². The third kappa shape index (κ3) is 5.05. The maximum absolute atomic E-state index is 10.1. The normalized spacial score (nSPS) is 20.7. The van der Waals surface area contributed by atoms with Crippen LogP contribution in [0.4, 0.5) is 0 Å². The molecule has 0 spiro atoms. The van der Waals surface area contributed by atoms with E-state index in [1.165, 1.54) is 12.0 Å². The van der Waals surface area contributed by atoms with Gasteiger partial charge in [0.2, 0.25) is 0 Å². The summed E-state index contributed by atoms with van der Waals surface area (Å²) in [5, 5.41) is 10.1. The molecule has 0 aromatic heterocycles. The lowest BCUT2D eigenvalue weighted by molar-refractivity contribution is 0.169. The molecule has 5 rings (SSSR count). The SMILES string of the molecule is CC1=C(c2ccc(Br)cc2C)C(c2ccc(OC[C@H](C)N3CC[C@@H](C)C3)cc2)Oc2ccc(O)cc21. The maximum Gasteiger partial charge on any atom is 0.150 e. The Hall–Kier alpha value is -2.76. The van der Waals surface area contributed by atoms with Crippen molar-refractivity contribution >= 4 is 27.1 Å². The predicted molar refractivity (Wildman–Crippen MR) is 150 cm³/mol. The van der Waals surface area contributed by atoms with E-state index in [0.717, 1.165) is 62.8 Å². The second-order valence-electron chi connectivity index (χ2n) is 10.3. The van der Waals surface area contributed by atoms with Crippen LogP contribution >= 0.6 is 15.9 Å². The summed E-state index contributed by atoms with van der Waals surface area (Å²) in [6.45, 7) is 11.8. The van der Waals surface area contributed by atoms with Gasteiger partial charge in [-0.1, -0.05) is 41.1 Å². The molecule has 2 heterocycles. The first-order valence-corrected chi connectivity index (χ1v) is 13.5. The molecule has 0 saturated carbocycles. The van der Waals surface area contributed by atoms with Crippen LogP contribution in [0.2, 0.25) is 0 Å². The number of phenolic OH excluding ortho intramolecular Hbond substituents is 1. The Kier molecular flexibility index (Phi) is 7.14. The lowest BCUT2D eigenvalue weighted by Crippen LogP contribution is -2.35. The Labute approximate surface area is 222 Å². The number of phenols is 1. The molecule has 3 atom stereocenters. The third-order valence-corrected chi connectivity index (χ3v) is 8.00. The number of rotatable bonds is 6. The number of allylic oxidation sites excluding steroid dienone is 1. The first-order chi connectivity index (χ1) is 17.3. The Balaban J connectivity index is 1.43. The van der Waals surface area contributed by atoms with Gasteiger partial charge >= 0.3 is 0 Å². The largest absolute Gasteiger partial charge is 0.508 e. The van der Waals surface area contributed by atoms with Gasteiger partial charge in [-0.05, 0) is 104 Å². The van der Waals surface area contributed by atoms with Gasteiger partial charge in [0.25, 0.3) is 0 Å². The minimum atomic E-state index is -0.263. The van der Waals surface area contributed by atoms with E-state index in [0.29, 0.717) is 12.6 Å².